The highest BCUT2D eigenvalue weighted by Gasteiger charge is 2.21. The van der Waals surface area contributed by atoms with Crippen LogP contribution in [-0.4, -0.2) is 16.8 Å². The highest BCUT2D eigenvalue weighted by Crippen LogP contribution is 2.27. The van der Waals surface area contributed by atoms with Crippen molar-refractivity contribution in [3.05, 3.63) is 85.5 Å². The number of nitro groups is 1. The summed E-state index contributed by atoms with van der Waals surface area (Å²) in [6, 6.07) is 11.0. The second-order valence-electron chi connectivity index (χ2n) is 5.20. The first-order valence-corrected chi connectivity index (χ1v) is 8.09. The van der Waals surface area contributed by atoms with Crippen molar-refractivity contribution in [1.29, 1.82) is 0 Å². The Morgan fingerprint density at radius 2 is 1.88 bits per heavy atom. The van der Waals surface area contributed by atoms with Crippen LogP contribution in [0.1, 0.15) is 11.1 Å². The Balaban J connectivity index is 1.85. The van der Waals surface area contributed by atoms with Gasteiger partial charge in [-0.05, 0) is 29.3 Å². The Bertz CT molecular complexity index is 996. The summed E-state index contributed by atoms with van der Waals surface area (Å²) in [7, 11) is 0. The normalized spacial score (nSPS) is 15.4. The molecule has 0 atom stereocenters. The number of nitrogens with zero attached hydrogens (tertiary/aromatic N) is 2. The van der Waals surface area contributed by atoms with Gasteiger partial charge in [-0.15, -0.1) is 0 Å². The van der Waals surface area contributed by atoms with Crippen LogP contribution in [0.2, 0.25) is 10.0 Å². The molecule has 0 fully saturated rings. The van der Waals surface area contributed by atoms with Gasteiger partial charge in [0.15, 0.2) is 5.70 Å². The quantitative estimate of drug-likeness (QED) is 0.322. The van der Waals surface area contributed by atoms with Crippen LogP contribution in [0.15, 0.2) is 59.2 Å². The molecule has 2 aromatic rings. The van der Waals surface area contributed by atoms with Gasteiger partial charge >= 0.3 is 5.97 Å². The summed E-state index contributed by atoms with van der Waals surface area (Å²) in [5.41, 5.74) is 1.08. The summed E-state index contributed by atoms with van der Waals surface area (Å²) in [6.07, 6.45) is 4.53. The van der Waals surface area contributed by atoms with Gasteiger partial charge in [0.05, 0.1) is 15.0 Å². The zero-order valence-corrected chi connectivity index (χ0v) is 14.6. The molecule has 0 saturated heterocycles. The Morgan fingerprint density at radius 1 is 1.12 bits per heavy atom. The molecule has 0 radical (unpaired) electrons. The van der Waals surface area contributed by atoms with Crippen LogP contribution in [0.5, 0.6) is 0 Å². The average Bonchev–Trinajstić information content (AvgIpc) is 2.96. The summed E-state index contributed by atoms with van der Waals surface area (Å²) >= 11 is 12.0. The number of hydrogen-bond donors (Lipinski definition) is 0. The minimum absolute atomic E-state index is 0.0438. The predicted molar refractivity (Wildman–Crippen MR) is 100 cm³/mol. The van der Waals surface area contributed by atoms with E-state index in [-0.39, 0.29) is 17.3 Å². The van der Waals surface area contributed by atoms with Crippen LogP contribution in [-0.2, 0) is 9.53 Å². The molecule has 0 unspecified atom stereocenters. The van der Waals surface area contributed by atoms with E-state index in [0.717, 1.165) is 0 Å². The fourth-order valence-corrected chi connectivity index (χ4v) is 2.56. The lowest BCUT2D eigenvalue weighted by atomic mass is 10.2. The molecule has 0 aliphatic carbocycles. The first kappa shape index (κ1) is 17.8. The predicted octanol–water partition coefficient (Wildman–Crippen LogP) is 4.91. The number of esters is 1. The third kappa shape index (κ3) is 3.99. The molecule has 0 spiro atoms. The molecule has 26 heavy (non-hydrogen) atoms. The van der Waals surface area contributed by atoms with Crippen LogP contribution in [0.3, 0.4) is 0 Å². The fraction of sp³-hybridized carbons (Fsp3) is 0. The maximum absolute atomic E-state index is 11.9. The van der Waals surface area contributed by atoms with E-state index in [2.05, 4.69) is 4.99 Å². The van der Waals surface area contributed by atoms with E-state index < -0.39 is 10.9 Å². The highest BCUT2D eigenvalue weighted by atomic mass is 35.5. The van der Waals surface area contributed by atoms with Crippen molar-refractivity contribution in [3.8, 4) is 0 Å². The fourth-order valence-electron chi connectivity index (χ4n) is 2.19. The largest absolute Gasteiger partial charge is 0.403 e. The van der Waals surface area contributed by atoms with Gasteiger partial charge in [-0.2, -0.15) is 0 Å². The zero-order valence-electron chi connectivity index (χ0n) is 13.1. The van der Waals surface area contributed by atoms with Crippen molar-refractivity contribution in [2.45, 2.75) is 0 Å². The van der Waals surface area contributed by atoms with Crippen LogP contribution >= 0.6 is 23.2 Å². The molecule has 1 aliphatic heterocycles. The summed E-state index contributed by atoms with van der Waals surface area (Å²) < 4.78 is 5.06. The van der Waals surface area contributed by atoms with Crippen molar-refractivity contribution in [2.75, 3.05) is 0 Å². The third-order valence-electron chi connectivity index (χ3n) is 3.41. The lowest BCUT2D eigenvalue weighted by Crippen LogP contribution is -2.01. The molecule has 0 bridgehead atoms. The summed E-state index contributed by atoms with van der Waals surface area (Å²) in [5.74, 6) is -0.559. The number of non-ortho nitro benzene ring substituents is 1. The summed E-state index contributed by atoms with van der Waals surface area (Å²) in [5, 5.41) is 11.6. The highest BCUT2D eigenvalue weighted by molar-refractivity contribution is 6.42. The van der Waals surface area contributed by atoms with Crippen LogP contribution < -0.4 is 0 Å². The molecular weight excluding hydrogens is 379 g/mol. The maximum atomic E-state index is 11.9. The minimum atomic E-state index is -0.645. The van der Waals surface area contributed by atoms with E-state index in [9.17, 15) is 14.9 Å². The molecule has 0 aromatic heterocycles. The number of benzene rings is 2. The van der Waals surface area contributed by atoms with Gasteiger partial charge < -0.3 is 4.74 Å². The Labute approximate surface area is 158 Å². The average molecular weight is 389 g/mol. The second kappa shape index (κ2) is 7.51. The van der Waals surface area contributed by atoms with Crippen LogP contribution in [0.4, 0.5) is 5.69 Å². The van der Waals surface area contributed by atoms with Crippen molar-refractivity contribution >= 4 is 52.9 Å². The first-order chi connectivity index (χ1) is 12.4. The van der Waals surface area contributed by atoms with Crippen LogP contribution in [0.25, 0.3) is 12.2 Å². The van der Waals surface area contributed by atoms with Crippen molar-refractivity contribution in [3.63, 3.8) is 0 Å². The van der Waals surface area contributed by atoms with E-state index in [4.69, 9.17) is 27.9 Å². The van der Waals surface area contributed by atoms with E-state index in [0.29, 0.717) is 21.2 Å². The van der Waals surface area contributed by atoms with E-state index in [1.807, 2.05) is 0 Å². The first-order valence-electron chi connectivity index (χ1n) is 7.33. The maximum Gasteiger partial charge on any atom is 0.363 e. The molecule has 0 amide bonds. The van der Waals surface area contributed by atoms with Crippen molar-refractivity contribution < 1.29 is 14.5 Å². The number of nitro benzene ring substituents is 1. The van der Waals surface area contributed by atoms with Crippen molar-refractivity contribution in [2.24, 2.45) is 4.99 Å². The number of aliphatic imine (C=N–C) groups is 1. The van der Waals surface area contributed by atoms with Gasteiger partial charge in [0.2, 0.25) is 5.90 Å². The number of ether oxygens (including phenoxy) is 1. The zero-order chi connectivity index (χ0) is 18.7. The minimum Gasteiger partial charge on any atom is -0.403 e. The molecular formula is C18H10Cl2N2O4. The second-order valence-corrected chi connectivity index (χ2v) is 5.98. The van der Waals surface area contributed by atoms with Gasteiger partial charge in [0, 0.05) is 18.2 Å². The van der Waals surface area contributed by atoms with Gasteiger partial charge in [-0.25, -0.2) is 9.79 Å². The number of rotatable bonds is 4. The Kier molecular flexibility index (Phi) is 5.16. The smallest absolute Gasteiger partial charge is 0.363 e. The molecule has 1 aliphatic rings. The van der Waals surface area contributed by atoms with Gasteiger partial charge in [-0.3, -0.25) is 10.1 Å². The molecule has 6 nitrogen and oxygen atoms in total. The molecule has 0 N–H and O–H groups in total. The van der Waals surface area contributed by atoms with E-state index in [1.54, 1.807) is 30.3 Å². The lowest BCUT2D eigenvalue weighted by Gasteiger charge is -1.99. The molecule has 8 heteroatoms. The number of carbonyl (C=O) groups is 1. The number of cyclic esters (lactones) is 1. The monoisotopic (exact) mass is 388 g/mol. The topological polar surface area (TPSA) is 81.8 Å². The van der Waals surface area contributed by atoms with Gasteiger partial charge in [0.1, 0.15) is 0 Å². The summed E-state index contributed by atoms with van der Waals surface area (Å²) in [6.45, 7) is 0. The van der Waals surface area contributed by atoms with Gasteiger partial charge in [-0.1, -0.05) is 47.5 Å². The molecule has 130 valence electrons. The number of carbonyl (C=O) groups excluding carboxylic acids is 1. The standard InChI is InChI=1S/C18H10Cl2N2O4/c19-14-6-2-4-12(17(14)20)7-8-16-21-15(18(23)26-16)10-11-3-1-5-13(9-11)22(24)25/h1-10H. The molecule has 0 saturated carbocycles. The molecule has 1 heterocycles. The SMILES string of the molecule is O=C1OC(C=Cc2cccc(Cl)c2Cl)=NC1=Cc1cccc([N+](=O)[O-])c1. The molecule has 2 aromatic carbocycles. The number of hydrogen-bond acceptors (Lipinski definition) is 5. The lowest BCUT2D eigenvalue weighted by molar-refractivity contribution is -0.384. The van der Waals surface area contributed by atoms with Crippen molar-refractivity contribution in [1.82, 2.24) is 0 Å². The Hall–Kier alpha value is -2.96. The van der Waals surface area contributed by atoms with E-state index in [1.165, 1.54) is 30.4 Å². The summed E-state index contributed by atoms with van der Waals surface area (Å²) in [4.78, 5) is 26.3. The third-order valence-corrected chi connectivity index (χ3v) is 4.24. The van der Waals surface area contributed by atoms with Gasteiger partial charge in [0.25, 0.3) is 5.69 Å². The Morgan fingerprint density at radius 3 is 2.65 bits per heavy atom. The van der Waals surface area contributed by atoms with Crippen LogP contribution in [0, 0.1) is 10.1 Å². The molecule has 3 rings (SSSR count). The van der Waals surface area contributed by atoms with E-state index >= 15 is 0 Å². The number of halogens is 2.